The Labute approximate surface area is 149 Å². The molecule has 0 bridgehead atoms. The fraction of sp³-hybridized carbons (Fsp3) is 0.286. The molecule has 1 amide bonds. The second kappa shape index (κ2) is 7.15. The van der Waals surface area contributed by atoms with E-state index in [-0.39, 0.29) is 22.4 Å². The third-order valence-corrected chi connectivity index (χ3v) is 4.99. The van der Waals surface area contributed by atoms with Gasteiger partial charge in [-0.15, -0.1) is 8.78 Å². The number of benzene rings is 1. The first-order chi connectivity index (χ1) is 10.7. The first-order valence-electron chi connectivity index (χ1n) is 6.42. The highest BCUT2D eigenvalue weighted by molar-refractivity contribution is 9.10. The quantitative estimate of drug-likeness (QED) is 0.706. The number of halogens is 5. The number of amides is 1. The van der Waals surface area contributed by atoms with E-state index < -0.39 is 5.57 Å². The van der Waals surface area contributed by atoms with Crippen LogP contribution in [0.15, 0.2) is 41.0 Å². The number of ether oxygens (including phenoxy) is 1. The van der Waals surface area contributed by atoms with Crippen molar-refractivity contribution in [2.75, 3.05) is 5.32 Å². The minimum absolute atomic E-state index is 0.120. The zero-order chi connectivity index (χ0) is 17.2. The number of carbonyl (C=O) groups excluding carboxylic acids is 1. The van der Waals surface area contributed by atoms with E-state index in [1.54, 1.807) is 0 Å². The Morgan fingerprint density at radius 2 is 2.00 bits per heavy atom. The fourth-order valence-corrected chi connectivity index (χ4v) is 2.62. The van der Waals surface area contributed by atoms with Crippen molar-refractivity contribution in [3.63, 3.8) is 0 Å². The lowest BCUT2D eigenvalue weighted by molar-refractivity contribution is -0.113. The number of alkyl halides is 4. The molecule has 0 aromatic heterocycles. The third-order valence-electron chi connectivity index (χ3n) is 3.09. The Kier molecular flexibility index (Phi) is 5.65. The van der Waals surface area contributed by atoms with E-state index in [1.165, 1.54) is 30.5 Å². The van der Waals surface area contributed by atoms with Crippen molar-refractivity contribution in [3.05, 3.63) is 36.0 Å². The van der Waals surface area contributed by atoms with Crippen LogP contribution in [0.2, 0.25) is 0 Å². The number of hydrogen-bond donors (Lipinski definition) is 1. The molecule has 0 fully saturated rings. The summed E-state index contributed by atoms with van der Waals surface area (Å²) in [6, 6.07) is 5.39. The number of nitrogens with zero attached hydrogens (tertiary/aromatic N) is 1. The lowest BCUT2D eigenvalue weighted by Gasteiger charge is -2.22. The maximum atomic E-state index is 12.5. The van der Waals surface area contributed by atoms with Gasteiger partial charge in [-0.05, 0) is 24.3 Å². The predicted octanol–water partition coefficient (Wildman–Crippen LogP) is 4.73. The molecule has 124 valence electrons. The van der Waals surface area contributed by atoms with Crippen molar-refractivity contribution in [2.24, 2.45) is 10.9 Å². The van der Waals surface area contributed by atoms with Crippen molar-refractivity contribution in [1.82, 2.24) is 0 Å². The fourth-order valence-electron chi connectivity index (χ4n) is 1.89. The van der Waals surface area contributed by atoms with Gasteiger partial charge in [0.05, 0.1) is 4.83 Å². The number of anilines is 1. The molecular weight excluding hydrogens is 417 g/mol. The molecule has 0 aliphatic carbocycles. The van der Waals surface area contributed by atoms with Crippen LogP contribution >= 0.6 is 39.1 Å². The predicted molar refractivity (Wildman–Crippen MR) is 89.7 cm³/mol. The van der Waals surface area contributed by atoms with Gasteiger partial charge in [-0.3, -0.25) is 4.79 Å². The molecule has 1 aromatic carbocycles. The summed E-state index contributed by atoms with van der Waals surface area (Å²) in [5.74, 6) is -0.645. The Morgan fingerprint density at radius 3 is 2.57 bits per heavy atom. The molecule has 0 saturated carbocycles. The maximum absolute atomic E-state index is 12.5. The number of rotatable bonds is 4. The van der Waals surface area contributed by atoms with Gasteiger partial charge < -0.3 is 10.1 Å². The van der Waals surface area contributed by atoms with Crippen LogP contribution in [0.3, 0.4) is 0 Å². The summed E-state index contributed by atoms with van der Waals surface area (Å²) in [6.07, 6.45) is 1.41. The SMILES string of the molecule is CC1C(C(=O)Nc2ccc(OC(F)(F)Cl)cc2)=CN=C(Cl)C1Br. The second-order valence-electron chi connectivity index (χ2n) is 4.75. The van der Waals surface area contributed by atoms with Gasteiger partial charge in [0.2, 0.25) is 0 Å². The topological polar surface area (TPSA) is 50.7 Å². The van der Waals surface area contributed by atoms with Gasteiger partial charge in [0.25, 0.3) is 5.91 Å². The van der Waals surface area contributed by atoms with Crippen molar-refractivity contribution < 1.29 is 18.3 Å². The normalized spacial score (nSPS) is 21.3. The van der Waals surface area contributed by atoms with Gasteiger partial charge in [0.15, 0.2) is 0 Å². The zero-order valence-corrected chi connectivity index (χ0v) is 14.8. The van der Waals surface area contributed by atoms with Crippen molar-refractivity contribution in [1.29, 1.82) is 0 Å². The monoisotopic (exact) mass is 426 g/mol. The van der Waals surface area contributed by atoms with E-state index in [4.69, 9.17) is 11.6 Å². The Balaban J connectivity index is 2.06. The summed E-state index contributed by atoms with van der Waals surface area (Å²) in [5.41, 5.74) is -2.92. The molecule has 0 saturated heterocycles. The smallest absolute Gasteiger partial charge is 0.420 e. The van der Waals surface area contributed by atoms with Gasteiger partial charge in [-0.25, -0.2) is 4.99 Å². The summed E-state index contributed by atoms with van der Waals surface area (Å²) in [6.45, 7) is 1.83. The van der Waals surface area contributed by atoms with Gasteiger partial charge in [-0.1, -0.05) is 34.5 Å². The minimum atomic E-state index is -3.78. The summed E-state index contributed by atoms with van der Waals surface area (Å²) in [4.78, 5) is 16.0. The largest absolute Gasteiger partial charge is 0.487 e. The van der Waals surface area contributed by atoms with Gasteiger partial charge in [0, 0.05) is 35.0 Å². The van der Waals surface area contributed by atoms with Crippen molar-refractivity contribution in [3.8, 4) is 5.75 Å². The lowest BCUT2D eigenvalue weighted by Crippen LogP contribution is -2.29. The molecule has 2 atom stereocenters. The summed E-state index contributed by atoms with van der Waals surface area (Å²) < 4.78 is 29.2. The molecule has 1 aromatic rings. The average Bonchev–Trinajstić information content (AvgIpc) is 2.45. The molecule has 0 radical (unpaired) electrons. The lowest BCUT2D eigenvalue weighted by atomic mass is 9.96. The second-order valence-corrected chi connectivity index (χ2v) is 6.57. The number of carbonyl (C=O) groups is 1. The molecule has 2 rings (SSSR count). The molecule has 9 heteroatoms. The molecule has 1 aliphatic rings. The molecular formula is C14H11BrCl2F2N2O2. The van der Waals surface area contributed by atoms with Crippen LogP contribution in [0.25, 0.3) is 0 Å². The van der Waals surface area contributed by atoms with Crippen LogP contribution in [-0.4, -0.2) is 21.5 Å². The molecule has 4 nitrogen and oxygen atoms in total. The first-order valence-corrected chi connectivity index (χ1v) is 8.09. The Bertz CT molecular complexity index is 660. The Hall–Kier alpha value is -1.18. The molecule has 1 aliphatic heterocycles. The maximum Gasteiger partial charge on any atom is 0.487 e. The van der Waals surface area contributed by atoms with Gasteiger partial charge in [0.1, 0.15) is 10.9 Å². The van der Waals surface area contributed by atoms with E-state index >= 15 is 0 Å². The van der Waals surface area contributed by atoms with E-state index in [0.29, 0.717) is 16.4 Å². The van der Waals surface area contributed by atoms with Crippen molar-refractivity contribution >= 4 is 55.9 Å². The highest BCUT2D eigenvalue weighted by atomic mass is 79.9. The standard InChI is InChI=1S/C14H11BrCl2F2N2O2/c1-7-10(6-20-12(16)11(7)15)13(22)21-8-2-4-9(5-3-8)23-14(17,18)19/h2-7,11H,1H3,(H,21,22). The molecule has 1 N–H and O–H groups in total. The zero-order valence-electron chi connectivity index (χ0n) is 11.7. The van der Waals surface area contributed by atoms with Crippen molar-refractivity contribution in [2.45, 2.75) is 17.3 Å². The first kappa shape index (κ1) is 18.2. The van der Waals surface area contributed by atoms with Crippen LogP contribution in [0.4, 0.5) is 14.5 Å². The highest BCUT2D eigenvalue weighted by Gasteiger charge is 2.30. The van der Waals surface area contributed by atoms with Crippen LogP contribution in [0, 0.1) is 5.92 Å². The minimum Gasteiger partial charge on any atom is -0.420 e. The van der Waals surface area contributed by atoms with E-state index in [1.807, 2.05) is 6.92 Å². The third kappa shape index (κ3) is 4.89. The molecule has 0 spiro atoms. The van der Waals surface area contributed by atoms with Crippen LogP contribution in [0.5, 0.6) is 5.75 Å². The number of hydrogen-bond acceptors (Lipinski definition) is 3. The van der Waals surface area contributed by atoms with Crippen LogP contribution in [-0.2, 0) is 4.79 Å². The van der Waals surface area contributed by atoms with Crippen LogP contribution in [0.1, 0.15) is 6.92 Å². The molecule has 1 heterocycles. The average molecular weight is 428 g/mol. The van der Waals surface area contributed by atoms with Gasteiger partial charge >= 0.3 is 5.57 Å². The molecule has 23 heavy (non-hydrogen) atoms. The van der Waals surface area contributed by atoms with E-state index in [2.05, 4.69) is 42.6 Å². The highest BCUT2D eigenvalue weighted by Crippen LogP contribution is 2.29. The Morgan fingerprint density at radius 1 is 1.39 bits per heavy atom. The summed E-state index contributed by atoms with van der Waals surface area (Å²) >= 11 is 13.9. The van der Waals surface area contributed by atoms with E-state index in [0.717, 1.165) is 0 Å². The molecule has 2 unspecified atom stereocenters. The van der Waals surface area contributed by atoms with Crippen LogP contribution < -0.4 is 10.1 Å². The summed E-state index contributed by atoms with van der Waals surface area (Å²) in [7, 11) is 0. The number of nitrogens with one attached hydrogen (secondary N) is 1. The summed E-state index contributed by atoms with van der Waals surface area (Å²) in [5, 5.41) is 3.02. The van der Waals surface area contributed by atoms with Gasteiger partial charge in [-0.2, -0.15) is 0 Å². The van der Waals surface area contributed by atoms with E-state index in [9.17, 15) is 13.6 Å². The number of aliphatic imine (C=N–C) groups is 1.